The fraction of sp³-hybridized carbons (Fsp3) is 0.333. The Morgan fingerprint density at radius 1 is 1.15 bits per heavy atom. The Kier molecular flexibility index (Phi) is 5.66. The van der Waals surface area contributed by atoms with Crippen molar-refractivity contribution in [2.24, 2.45) is 0 Å². The first kappa shape index (κ1) is 18.3. The molecule has 0 N–H and O–H groups in total. The summed E-state index contributed by atoms with van der Waals surface area (Å²) in [7, 11) is 0. The fourth-order valence-electron chi connectivity index (χ4n) is 3.42. The minimum atomic E-state index is 0.147. The van der Waals surface area contributed by atoms with Crippen LogP contribution in [0.2, 0.25) is 0 Å². The van der Waals surface area contributed by atoms with Gasteiger partial charge in [-0.2, -0.15) is 11.3 Å². The molecule has 0 aliphatic carbocycles. The molecule has 1 aliphatic rings. The van der Waals surface area contributed by atoms with Crippen LogP contribution in [0.3, 0.4) is 0 Å². The van der Waals surface area contributed by atoms with E-state index in [9.17, 15) is 4.79 Å². The molecule has 1 aliphatic heterocycles. The molecule has 0 spiro atoms. The van der Waals surface area contributed by atoms with Crippen molar-refractivity contribution < 1.29 is 4.79 Å². The van der Waals surface area contributed by atoms with E-state index in [4.69, 9.17) is 4.98 Å². The number of hydrogen-bond acceptors (Lipinski definition) is 5. The van der Waals surface area contributed by atoms with E-state index in [2.05, 4.69) is 27.1 Å². The van der Waals surface area contributed by atoms with Crippen LogP contribution in [0.25, 0.3) is 10.6 Å². The van der Waals surface area contributed by atoms with Crippen LogP contribution in [0.5, 0.6) is 0 Å². The Morgan fingerprint density at radius 3 is 2.89 bits per heavy atom. The van der Waals surface area contributed by atoms with Crippen molar-refractivity contribution in [3.05, 3.63) is 63.3 Å². The summed E-state index contributed by atoms with van der Waals surface area (Å²) in [5, 5.41) is 7.49. The highest BCUT2D eigenvalue weighted by Gasteiger charge is 2.21. The highest BCUT2D eigenvalue weighted by molar-refractivity contribution is 7.14. The minimum Gasteiger partial charge on any atom is -0.337 e. The monoisotopic (exact) mass is 397 g/mol. The normalized spacial score (nSPS) is 15.7. The second-order valence-electron chi connectivity index (χ2n) is 6.95. The second kappa shape index (κ2) is 8.33. The van der Waals surface area contributed by atoms with E-state index in [1.54, 1.807) is 22.7 Å². The van der Waals surface area contributed by atoms with Crippen molar-refractivity contribution in [2.75, 3.05) is 26.2 Å². The molecule has 1 fully saturated rings. The number of carbonyl (C=O) groups is 1. The lowest BCUT2D eigenvalue weighted by Crippen LogP contribution is -2.35. The van der Waals surface area contributed by atoms with Crippen LogP contribution >= 0.6 is 22.7 Å². The van der Waals surface area contributed by atoms with Gasteiger partial charge in [0.25, 0.3) is 5.91 Å². The van der Waals surface area contributed by atoms with E-state index < -0.39 is 0 Å². The van der Waals surface area contributed by atoms with Gasteiger partial charge in [-0.3, -0.25) is 9.69 Å². The van der Waals surface area contributed by atoms with E-state index in [0.717, 1.165) is 61.0 Å². The standard InChI is InChI=1S/C21H23N3OS2/c1-16-4-2-5-17(12-16)21(25)24-8-3-7-23(9-10-24)13-19-15-27-20(22-19)18-6-11-26-14-18/h2,4-6,11-12,14-15H,3,7-10,13H2,1H3. The first-order valence-corrected chi connectivity index (χ1v) is 11.1. The zero-order chi connectivity index (χ0) is 18.6. The molecule has 0 unspecified atom stereocenters. The maximum atomic E-state index is 12.8. The molecule has 0 radical (unpaired) electrons. The zero-order valence-electron chi connectivity index (χ0n) is 15.4. The van der Waals surface area contributed by atoms with Gasteiger partial charge in [-0.05, 0) is 36.9 Å². The average molecular weight is 398 g/mol. The molecule has 2 aromatic heterocycles. The lowest BCUT2D eigenvalue weighted by atomic mass is 10.1. The molecule has 3 aromatic rings. The summed E-state index contributed by atoms with van der Waals surface area (Å²) < 4.78 is 0. The van der Waals surface area contributed by atoms with Gasteiger partial charge < -0.3 is 4.90 Å². The van der Waals surface area contributed by atoms with Gasteiger partial charge in [0.15, 0.2) is 0 Å². The number of thiazole rings is 1. The highest BCUT2D eigenvalue weighted by Crippen LogP contribution is 2.26. The van der Waals surface area contributed by atoms with Crippen molar-refractivity contribution in [1.29, 1.82) is 0 Å². The van der Waals surface area contributed by atoms with Crippen LogP contribution < -0.4 is 0 Å². The van der Waals surface area contributed by atoms with Gasteiger partial charge in [-0.1, -0.05) is 17.7 Å². The van der Waals surface area contributed by atoms with Crippen molar-refractivity contribution in [2.45, 2.75) is 19.9 Å². The van der Waals surface area contributed by atoms with Gasteiger partial charge >= 0.3 is 0 Å². The smallest absolute Gasteiger partial charge is 0.253 e. The predicted octanol–water partition coefficient (Wildman–Crippen LogP) is 4.53. The average Bonchev–Trinajstić information content (AvgIpc) is 3.30. The number of amides is 1. The summed E-state index contributed by atoms with van der Waals surface area (Å²) in [5.74, 6) is 0.147. The topological polar surface area (TPSA) is 36.4 Å². The van der Waals surface area contributed by atoms with Gasteiger partial charge in [0.2, 0.25) is 0 Å². The molecule has 3 heterocycles. The number of rotatable bonds is 4. The number of aryl methyl sites for hydroxylation is 1. The van der Waals surface area contributed by atoms with E-state index in [0.29, 0.717) is 0 Å². The molecule has 4 rings (SSSR count). The van der Waals surface area contributed by atoms with Gasteiger partial charge in [-0.25, -0.2) is 4.98 Å². The Bertz CT molecular complexity index is 904. The Morgan fingerprint density at radius 2 is 2.07 bits per heavy atom. The van der Waals surface area contributed by atoms with Crippen molar-refractivity contribution in [1.82, 2.24) is 14.8 Å². The molecule has 140 valence electrons. The van der Waals surface area contributed by atoms with Gasteiger partial charge in [0.05, 0.1) is 5.69 Å². The summed E-state index contributed by atoms with van der Waals surface area (Å²) >= 11 is 3.41. The highest BCUT2D eigenvalue weighted by atomic mass is 32.1. The van der Waals surface area contributed by atoms with Crippen LogP contribution in [-0.4, -0.2) is 46.9 Å². The summed E-state index contributed by atoms with van der Waals surface area (Å²) in [6.07, 6.45) is 0.999. The van der Waals surface area contributed by atoms with E-state index in [1.807, 2.05) is 36.1 Å². The molecule has 0 bridgehead atoms. The van der Waals surface area contributed by atoms with Crippen LogP contribution in [-0.2, 0) is 6.54 Å². The maximum Gasteiger partial charge on any atom is 0.253 e. The quantitative estimate of drug-likeness (QED) is 0.649. The summed E-state index contributed by atoms with van der Waals surface area (Å²) in [6, 6.07) is 10.00. The molecule has 6 heteroatoms. The van der Waals surface area contributed by atoms with E-state index in [-0.39, 0.29) is 5.91 Å². The van der Waals surface area contributed by atoms with Crippen molar-refractivity contribution >= 4 is 28.6 Å². The SMILES string of the molecule is Cc1cccc(C(=O)N2CCCN(Cc3csc(-c4ccsc4)n3)CC2)c1. The maximum absolute atomic E-state index is 12.8. The predicted molar refractivity (Wildman–Crippen MR) is 112 cm³/mol. The third-order valence-electron chi connectivity index (χ3n) is 4.85. The van der Waals surface area contributed by atoms with Gasteiger partial charge in [-0.15, -0.1) is 11.3 Å². The third kappa shape index (κ3) is 4.46. The number of carbonyl (C=O) groups excluding carboxylic acids is 1. The Labute approximate surface area is 168 Å². The lowest BCUT2D eigenvalue weighted by molar-refractivity contribution is 0.0761. The molecule has 0 atom stereocenters. The van der Waals surface area contributed by atoms with E-state index in [1.165, 1.54) is 5.56 Å². The number of thiophene rings is 1. The van der Waals surface area contributed by atoms with Crippen LogP contribution in [0, 0.1) is 6.92 Å². The van der Waals surface area contributed by atoms with Crippen molar-refractivity contribution in [3.8, 4) is 10.6 Å². The van der Waals surface area contributed by atoms with Crippen LogP contribution in [0.4, 0.5) is 0 Å². The molecule has 1 amide bonds. The number of benzene rings is 1. The molecule has 1 saturated heterocycles. The van der Waals surface area contributed by atoms with E-state index >= 15 is 0 Å². The molecule has 0 saturated carbocycles. The molecule has 1 aromatic carbocycles. The summed E-state index contributed by atoms with van der Waals surface area (Å²) in [6.45, 7) is 6.37. The molecule has 4 nitrogen and oxygen atoms in total. The second-order valence-corrected chi connectivity index (χ2v) is 8.59. The van der Waals surface area contributed by atoms with Crippen LogP contribution in [0.15, 0.2) is 46.5 Å². The Balaban J connectivity index is 1.37. The Hall–Kier alpha value is -2.02. The first-order valence-electron chi connectivity index (χ1n) is 9.24. The van der Waals surface area contributed by atoms with Crippen molar-refractivity contribution in [3.63, 3.8) is 0 Å². The summed E-state index contributed by atoms with van der Waals surface area (Å²) in [5.41, 5.74) is 4.26. The zero-order valence-corrected chi connectivity index (χ0v) is 17.1. The minimum absolute atomic E-state index is 0.147. The van der Waals surface area contributed by atoms with Gasteiger partial charge in [0.1, 0.15) is 5.01 Å². The number of hydrogen-bond donors (Lipinski definition) is 0. The fourth-order valence-corrected chi connectivity index (χ4v) is 4.94. The lowest BCUT2D eigenvalue weighted by Gasteiger charge is -2.21. The largest absolute Gasteiger partial charge is 0.337 e. The van der Waals surface area contributed by atoms with Crippen LogP contribution in [0.1, 0.15) is 28.0 Å². The third-order valence-corrected chi connectivity index (χ3v) is 6.47. The molecule has 27 heavy (non-hydrogen) atoms. The molecular weight excluding hydrogens is 374 g/mol. The molecular formula is C21H23N3OS2. The summed E-state index contributed by atoms with van der Waals surface area (Å²) in [4.78, 5) is 22.0. The number of nitrogens with zero attached hydrogens (tertiary/aromatic N) is 3. The number of aromatic nitrogens is 1. The van der Waals surface area contributed by atoms with Gasteiger partial charge in [0, 0.05) is 54.6 Å². The first-order chi connectivity index (χ1) is 13.2.